The van der Waals surface area contributed by atoms with Gasteiger partial charge < -0.3 is 10.6 Å². The molecule has 2 heterocycles. The number of hydrogen-bond donors (Lipinski definition) is 2. The molecule has 2 unspecified atom stereocenters. The van der Waals surface area contributed by atoms with E-state index in [4.69, 9.17) is 0 Å². The normalized spacial score (nSPS) is 23.3. The van der Waals surface area contributed by atoms with Crippen molar-refractivity contribution >= 4 is 5.91 Å². The Bertz CT molecular complexity index is 441. The number of aryl methyl sites for hydroxylation is 2. The lowest BCUT2D eigenvalue weighted by molar-refractivity contribution is -0.124. The van der Waals surface area contributed by atoms with Crippen LogP contribution in [0, 0.1) is 0 Å². The smallest absolute Gasteiger partial charge is 0.237 e. The monoisotopic (exact) mass is 264 g/mol. The molecule has 5 nitrogen and oxygen atoms in total. The highest BCUT2D eigenvalue weighted by atomic mass is 16.2. The van der Waals surface area contributed by atoms with Crippen LogP contribution in [-0.4, -0.2) is 27.8 Å². The van der Waals surface area contributed by atoms with Crippen LogP contribution in [0.3, 0.4) is 0 Å². The third kappa shape index (κ3) is 3.56. The molecular weight excluding hydrogens is 240 g/mol. The average Bonchev–Trinajstić information content (AvgIpc) is 2.76. The van der Waals surface area contributed by atoms with Crippen molar-refractivity contribution in [2.24, 2.45) is 7.05 Å². The second-order valence-electron chi connectivity index (χ2n) is 5.40. The molecule has 1 aliphatic heterocycles. The lowest BCUT2D eigenvalue weighted by atomic mass is 9.99. The summed E-state index contributed by atoms with van der Waals surface area (Å²) in [6, 6.07) is 0.402. The summed E-state index contributed by atoms with van der Waals surface area (Å²) in [6.45, 7) is 4.79. The Hall–Kier alpha value is -1.36. The van der Waals surface area contributed by atoms with Crippen molar-refractivity contribution in [2.45, 2.75) is 58.2 Å². The number of carbonyl (C=O) groups is 1. The van der Waals surface area contributed by atoms with Crippen molar-refractivity contribution in [3.05, 3.63) is 17.5 Å². The van der Waals surface area contributed by atoms with Gasteiger partial charge in [-0.2, -0.15) is 5.10 Å². The molecule has 0 bridgehead atoms. The van der Waals surface area contributed by atoms with E-state index in [1.807, 2.05) is 13.2 Å². The Morgan fingerprint density at radius 3 is 3.05 bits per heavy atom. The van der Waals surface area contributed by atoms with E-state index in [-0.39, 0.29) is 11.9 Å². The Labute approximate surface area is 114 Å². The molecule has 0 aromatic carbocycles. The first kappa shape index (κ1) is 14.1. The number of amides is 1. The zero-order valence-corrected chi connectivity index (χ0v) is 12.1. The molecule has 0 aliphatic carbocycles. The summed E-state index contributed by atoms with van der Waals surface area (Å²) in [5.74, 6) is 0.109. The molecule has 0 radical (unpaired) electrons. The van der Waals surface area contributed by atoms with Crippen LogP contribution in [0.5, 0.6) is 0 Å². The highest BCUT2D eigenvalue weighted by molar-refractivity contribution is 5.81. The molecule has 0 saturated carbocycles. The minimum atomic E-state index is -0.0366. The van der Waals surface area contributed by atoms with E-state index in [0.29, 0.717) is 12.6 Å². The molecule has 19 heavy (non-hydrogen) atoms. The summed E-state index contributed by atoms with van der Waals surface area (Å²) >= 11 is 0. The zero-order chi connectivity index (χ0) is 13.8. The number of piperidine rings is 1. The lowest BCUT2D eigenvalue weighted by Crippen LogP contribution is -2.49. The van der Waals surface area contributed by atoms with E-state index in [2.05, 4.69) is 29.6 Å². The van der Waals surface area contributed by atoms with Crippen LogP contribution < -0.4 is 10.6 Å². The molecule has 106 valence electrons. The number of carbonyl (C=O) groups excluding carboxylic acids is 1. The Kier molecular flexibility index (Phi) is 4.58. The van der Waals surface area contributed by atoms with Crippen LogP contribution in [0.15, 0.2) is 6.20 Å². The first-order valence-corrected chi connectivity index (χ1v) is 7.15. The third-order valence-corrected chi connectivity index (χ3v) is 3.71. The van der Waals surface area contributed by atoms with Crippen molar-refractivity contribution in [2.75, 3.05) is 0 Å². The Morgan fingerprint density at radius 2 is 2.37 bits per heavy atom. The van der Waals surface area contributed by atoms with Gasteiger partial charge in [0.25, 0.3) is 0 Å². The standard InChI is InChI=1S/C14H24N4O/c1-4-12-11(9-18(3)17-12)8-15-14(19)13-7-5-6-10(2)16-13/h9-10,13,16H,4-8H2,1-3H3,(H,15,19). The summed E-state index contributed by atoms with van der Waals surface area (Å²) < 4.78 is 1.81. The van der Waals surface area contributed by atoms with Crippen LogP contribution >= 0.6 is 0 Å². The van der Waals surface area contributed by atoms with E-state index >= 15 is 0 Å². The predicted octanol–water partition coefficient (Wildman–Crippen LogP) is 1.13. The van der Waals surface area contributed by atoms with Gasteiger partial charge in [-0.3, -0.25) is 9.48 Å². The number of aromatic nitrogens is 2. The fourth-order valence-corrected chi connectivity index (χ4v) is 2.68. The van der Waals surface area contributed by atoms with Crippen LogP contribution in [0.2, 0.25) is 0 Å². The van der Waals surface area contributed by atoms with Gasteiger partial charge in [0.1, 0.15) is 0 Å². The second-order valence-corrected chi connectivity index (χ2v) is 5.40. The topological polar surface area (TPSA) is 59.0 Å². The first-order valence-electron chi connectivity index (χ1n) is 7.15. The van der Waals surface area contributed by atoms with Gasteiger partial charge in [0.15, 0.2) is 0 Å². The molecule has 5 heteroatoms. The third-order valence-electron chi connectivity index (χ3n) is 3.71. The van der Waals surface area contributed by atoms with E-state index in [9.17, 15) is 4.79 Å². The highest BCUT2D eigenvalue weighted by Gasteiger charge is 2.23. The minimum Gasteiger partial charge on any atom is -0.351 e. The first-order chi connectivity index (χ1) is 9.10. The molecule has 2 N–H and O–H groups in total. The number of nitrogens with zero attached hydrogens (tertiary/aromatic N) is 2. The van der Waals surface area contributed by atoms with Crippen molar-refractivity contribution in [3.8, 4) is 0 Å². The highest BCUT2D eigenvalue weighted by Crippen LogP contribution is 2.13. The maximum absolute atomic E-state index is 12.1. The minimum absolute atomic E-state index is 0.0366. The van der Waals surface area contributed by atoms with Gasteiger partial charge in [-0.05, 0) is 32.6 Å². The van der Waals surface area contributed by atoms with Gasteiger partial charge in [-0.25, -0.2) is 0 Å². The molecule has 2 atom stereocenters. The molecule has 1 saturated heterocycles. The maximum atomic E-state index is 12.1. The molecule has 1 amide bonds. The van der Waals surface area contributed by atoms with Crippen molar-refractivity contribution in [3.63, 3.8) is 0 Å². The molecule has 2 rings (SSSR count). The largest absolute Gasteiger partial charge is 0.351 e. The van der Waals surface area contributed by atoms with E-state index in [1.165, 1.54) is 0 Å². The molecule has 1 aromatic rings. The van der Waals surface area contributed by atoms with Crippen LogP contribution in [0.25, 0.3) is 0 Å². The van der Waals surface area contributed by atoms with E-state index in [1.54, 1.807) is 4.68 Å². The SMILES string of the molecule is CCc1nn(C)cc1CNC(=O)C1CCCC(C)N1. The van der Waals surface area contributed by atoms with Gasteiger partial charge in [0.2, 0.25) is 5.91 Å². The molecule has 1 aromatic heterocycles. The fraction of sp³-hybridized carbons (Fsp3) is 0.714. The average molecular weight is 264 g/mol. The number of nitrogens with one attached hydrogen (secondary N) is 2. The van der Waals surface area contributed by atoms with Crippen LogP contribution in [0.4, 0.5) is 0 Å². The van der Waals surface area contributed by atoms with Gasteiger partial charge in [0, 0.05) is 31.4 Å². The second kappa shape index (κ2) is 6.19. The maximum Gasteiger partial charge on any atom is 0.237 e. The molecule has 1 aliphatic rings. The van der Waals surface area contributed by atoms with Gasteiger partial charge in [-0.15, -0.1) is 0 Å². The molecular formula is C14H24N4O. The van der Waals surface area contributed by atoms with Crippen LogP contribution in [0.1, 0.15) is 44.4 Å². The lowest BCUT2D eigenvalue weighted by Gasteiger charge is -2.27. The molecule has 1 fully saturated rings. The van der Waals surface area contributed by atoms with Gasteiger partial charge in [-0.1, -0.05) is 6.92 Å². The van der Waals surface area contributed by atoms with E-state index < -0.39 is 0 Å². The predicted molar refractivity (Wildman–Crippen MR) is 74.7 cm³/mol. The fourth-order valence-electron chi connectivity index (χ4n) is 2.68. The Morgan fingerprint density at radius 1 is 1.58 bits per heavy atom. The summed E-state index contributed by atoms with van der Waals surface area (Å²) in [4.78, 5) is 12.1. The van der Waals surface area contributed by atoms with Crippen molar-refractivity contribution in [1.29, 1.82) is 0 Å². The van der Waals surface area contributed by atoms with Crippen molar-refractivity contribution < 1.29 is 4.79 Å². The zero-order valence-electron chi connectivity index (χ0n) is 12.1. The van der Waals surface area contributed by atoms with Gasteiger partial charge >= 0.3 is 0 Å². The van der Waals surface area contributed by atoms with Crippen LogP contribution in [-0.2, 0) is 24.8 Å². The quantitative estimate of drug-likeness (QED) is 0.857. The summed E-state index contributed by atoms with van der Waals surface area (Å²) in [5, 5.41) is 10.8. The summed E-state index contributed by atoms with van der Waals surface area (Å²) in [5.41, 5.74) is 2.18. The Balaban J connectivity index is 1.89. The summed E-state index contributed by atoms with van der Waals surface area (Å²) in [6.07, 6.45) is 6.09. The number of hydrogen-bond acceptors (Lipinski definition) is 3. The molecule has 0 spiro atoms. The summed E-state index contributed by atoms with van der Waals surface area (Å²) in [7, 11) is 1.91. The van der Waals surface area contributed by atoms with Gasteiger partial charge in [0.05, 0.1) is 11.7 Å². The number of rotatable bonds is 4. The van der Waals surface area contributed by atoms with Crippen molar-refractivity contribution in [1.82, 2.24) is 20.4 Å². The van der Waals surface area contributed by atoms with E-state index in [0.717, 1.165) is 36.9 Å².